The number of amides is 1. The monoisotopic (exact) mass is 378 g/mol. The number of rotatable bonds is 7. The quantitative estimate of drug-likeness (QED) is 0.775. The van der Waals surface area contributed by atoms with Crippen molar-refractivity contribution in [2.24, 2.45) is 0 Å². The second kappa shape index (κ2) is 7.43. The first-order chi connectivity index (χ1) is 12.4. The Morgan fingerprint density at radius 3 is 2.50 bits per heavy atom. The molecule has 0 unspecified atom stereocenters. The molecule has 8 heteroatoms. The first-order valence-electron chi connectivity index (χ1n) is 8.12. The second-order valence-electron chi connectivity index (χ2n) is 6.11. The lowest BCUT2D eigenvalue weighted by Crippen LogP contribution is -2.26. The van der Waals surface area contributed by atoms with E-state index in [9.17, 15) is 17.6 Å². The summed E-state index contributed by atoms with van der Waals surface area (Å²) in [5, 5.41) is 2.66. The van der Waals surface area contributed by atoms with Crippen LogP contribution in [-0.4, -0.2) is 27.5 Å². The number of methoxy groups -OCH3 is 1. The van der Waals surface area contributed by atoms with Crippen LogP contribution in [0.4, 0.5) is 10.1 Å². The van der Waals surface area contributed by atoms with Gasteiger partial charge in [0.25, 0.3) is 0 Å². The van der Waals surface area contributed by atoms with Crippen molar-refractivity contribution in [3.05, 3.63) is 53.8 Å². The Morgan fingerprint density at radius 1 is 1.19 bits per heavy atom. The summed E-state index contributed by atoms with van der Waals surface area (Å²) < 4.78 is 45.4. The van der Waals surface area contributed by atoms with E-state index in [4.69, 9.17) is 4.74 Å². The number of carbonyl (C=O) groups is 1. The highest BCUT2D eigenvalue weighted by atomic mass is 32.2. The minimum Gasteiger partial charge on any atom is -0.495 e. The fourth-order valence-electron chi connectivity index (χ4n) is 2.42. The Bertz CT molecular complexity index is 909. The van der Waals surface area contributed by atoms with E-state index in [0.29, 0.717) is 11.3 Å². The van der Waals surface area contributed by atoms with Crippen molar-refractivity contribution in [1.29, 1.82) is 0 Å². The lowest BCUT2D eigenvalue weighted by atomic mass is 10.1. The van der Waals surface area contributed by atoms with Crippen LogP contribution >= 0.6 is 0 Å². The van der Waals surface area contributed by atoms with E-state index < -0.39 is 10.0 Å². The average molecular weight is 378 g/mol. The van der Waals surface area contributed by atoms with Crippen LogP contribution in [0.5, 0.6) is 5.75 Å². The molecule has 1 saturated carbocycles. The molecular weight excluding hydrogens is 359 g/mol. The predicted octanol–water partition coefficient (Wildman–Crippen LogP) is 2.46. The van der Waals surface area contributed by atoms with Gasteiger partial charge in [-0.15, -0.1) is 0 Å². The van der Waals surface area contributed by atoms with E-state index in [-0.39, 0.29) is 34.8 Å². The second-order valence-corrected chi connectivity index (χ2v) is 7.82. The maximum Gasteiger partial charge on any atom is 0.240 e. The topological polar surface area (TPSA) is 84.5 Å². The summed E-state index contributed by atoms with van der Waals surface area (Å²) in [6, 6.07) is 9.87. The van der Waals surface area contributed by atoms with Crippen molar-refractivity contribution in [3.63, 3.8) is 0 Å². The zero-order valence-corrected chi connectivity index (χ0v) is 15.0. The Morgan fingerprint density at radius 2 is 1.88 bits per heavy atom. The van der Waals surface area contributed by atoms with Crippen LogP contribution in [0, 0.1) is 5.82 Å². The summed E-state index contributed by atoms with van der Waals surface area (Å²) in [5.41, 5.74) is 0.903. The van der Waals surface area contributed by atoms with Crippen molar-refractivity contribution in [1.82, 2.24) is 4.72 Å². The number of hydrogen-bond donors (Lipinski definition) is 2. The van der Waals surface area contributed by atoms with Gasteiger partial charge in [0, 0.05) is 6.04 Å². The molecule has 0 aliphatic heterocycles. The average Bonchev–Trinajstić information content (AvgIpc) is 3.40. The lowest BCUT2D eigenvalue weighted by Gasteiger charge is -2.13. The number of hydrogen-bond acceptors (Lipinski definition) is 4. The number of carbonyl (C=O) groups excluding carboxylic acids is 1. The van der Waals surface area contributed by atoms with Crippen LogP contribution < -0.4 is 14.8 Å². The van der Waals surface area contributed by atoms with Gasteiger partial charge in [-0.3, -0.25) is 4.79 Å². The number of nitrogens with one attached hydrogen (secondary N) is 2. The molecule has 2 N–H and O–H groups in total. The molecule has 3 rings (SSSR count). The van der Waals surface area contributed by atoms with Crippen LogP contribution in [0.2, 0.25) is 0 Å². The molecule has 0 heterocycles. The van der Waals surface area contributed by atoms with Gasteiger partial charge in [0.05, 0.1) is 24.1 Å². The molecule has 0 saturated heterocycles. The third-order valence-corrected chi connectivity index (χ3v) is 5.45. The standard InChI is InChI=1S/C18H19FN2O4S/c1-25-17-9-8-15(26(23,24)21-14-6-7-14)11-16(17)20-18(22)10-12-2-4-13(19)5-3-12/h2-5,8-9,11,14,21H,6-7,10H2,1H3,(H,20,22). The summed E-state index contributed by atoms with van der Waals surface area (Å²) >= 11 is 0. The first-order valence-corrected chi connectivity index (χ1v) is 9.60. The van der Waals surface area contributed by atoms with Crippen LogP contribution in [0.3, 0.4) is 0 Å². The third-order valence-electron chi connectivity index (χ3n) is 3.93. The van der Waals surface area contributed by atoms with Crippen LogP contribution in [0.1, 0.15) is 18.4 Å². The van der Waals surface area contributed by atoms with Gasteiger partial charge in [-0.1, -0.05) is 12.1 Å². The minimum absolute atomic E-state index is 0.0152. The smallest absolute Gasteiger partial charge is 0.240 e. The number of ether oxygens (including phenoxy) is 1. The molecular formula is C18H19FN2O4S. The molecule has 1 aliphatic carbocycles. The van der Waals surface area contributed by atoms with Crippen molar-refractivity contribution < 1.29 is 22.3 Å². The van der Waals surface area contributed by atoms with Gasteiger partial charge < -0.3 is 10.1 Å². The van der Waals surface area contributed by atoms with Crippen LogP contribution in [-0.2, 0) is 21.2 Å². The summed E-state index contributed by atoms with van der Waals surface area (Å²) in [7, 11) is -2.21. The largest absolute Gasteiger partial charge is 0.495 e. The summed E-state index contributed by atoms with van der Waals surface area (Å²) in [4.78, 5) is 12.3. The highest BCUT2D eigenvalue weighted by Crippen LogP contribution is 2.29. The van der Waals surface area contributed by atoms with Gasteiger partial charge in [-0.25, -0.2) is 17.5 Å². The molecule has 0 spiro atoms. The Labute approximate surface area is 151 Å². The molecule has 6 nitrogen and oxygen atoms in total. The van der Waals surface area contributed by atoms with Crippen molar-refractivity contribution in [2.45, 2.75) is 30.2 Å². The molecule has 2 aromatic carbocycles. The van der Waals surface area contributed by atoms with Gasteiger partial charge in [0.2, 0.25) is 15.9 Å². The van der Waals surface area contributed by atoms with Crippen molar-refractivity contribution in [2.75, 3.05) is 12.4 Å². The molecule has 26 heavy (non-hydrogen) atoms. The molecule has 0 radical (unpaired) electrons. The summed E-state index contributed by atoms with van der Waals surface area (Å²) in [5.74, 6) is -0.390. The molecule has 2 aromatic rings. The zero-order chi connectivity index (χ0) is 18.7. The minimum atomic E-state index is -3.64. The first kappa shape index (κ1) is 18.3. The Kier molecular flexibility index (Phi) is 5.24. The van der Waals surface area contributed by atoms with Crippen molar-refractivity contribution >= 4 is 21.6 Å². The molecule has 0 bridgehead atoms. The number of sulfonamides is 1. The molecule has 0 atom stereocenters. The SMILES string of the molecule is COc1ccc(S(=O)(=O)NC2CC2)cc1NC(=O)Cc1ccc(F)cc1. The molecule has 1 aliphatic rings. The van der Waals surface area contributed by atoms with Gasteiger partial charge in [-0.05, 0) is 48.7 Å². The van der Waals surface area contributed by atoms with Gasteiger partial charge in [0.15, 0.2) is 0 Å². The van der Waals surface area contributed by atoms with Gasteiger partial charge >= 0.3 is 0 Å². The molecule has 138 valence electrons. The van der Waals surface area contributed by atoms with E-state index in [1.807, 2.05) is 0 Å². The fourth-order valence-corrected chi connectivity index (χ4v) is 3.75. The summed E-state index contributed by atoms with van der Waals surface area (Å²) in [6.07, 6.45) is 1.69. The van der Waals surface area contributed by atoms with Gasteiger partial charge in [-0.2, -0.15) is 0 Å². The van der Waals surface area contributed by atoms with Crippen molar-refractivity contribution in [3.8, 4) is 5.75 Å². The number of halogens is 1. The van der Waals surface area contributed by atoms with Crippen LogP contribution in [0.15, 0.2) is 47.4 Å². The lowest BCUT2D eigenvalue weighted by molar-refractivity contribution is -0.115. The zero-order valence-electron chi connectivity index (χ0n) is 14.2. The highest BCUT2D eigenvalue weighted by molar-refractivity contribution is 7.89. The van der Waals surface area contributed by atoms with Gasteiger partial charge in [0.1, 0.15) is 11.6 Å². The highest BCUT2D eigenvalue weighted by Gasteiger charge is 2.28. The van der Waals surface area contributed by atoms with E-state index in [1.165, 1.54) is 49.6 Å². The van der Waals surface area contributed by atoms with E-state index in [0.717, 1.165) is 12.8 Å². The Hall–Kier alpha value is -2.45. The van der Waals surface area contributed by atoms with E-state index >= 15 is 0 Å². The van der Waals surface area contributed by atoms with Crippen LogP contribution in [0.25, 0.3) is 0 Å². The Balaban J connectivity index is 1.77. The fraction of sp³-hybridized carbons (Fsp3) is 0.278. The number of anilines is 1. The molecule has 1 fully saturated rings. The third kappa shape index (κ3) is 4.59. The predicted molar refractivity (Wildman–Crippen MR) is 95.1 cm³/mol. The molecule has 0 aromatic heterocycles. The number of benzene rings is 2. The maximum atomic E-state index is 12.9. The maximum absolute atomic E-state index is 12.9. The van der Waals surface area contributed by atoms with E-state index in [2.05, 4.69) is 10.0 Å². The normalized spacial score (nSPS) is 14.1. The summed E-state index contributed by atoms with van der Waals surface area (Å²) in [6.45, 7) is 0. The van der Waals surface area contributed by atoms with E-state index in [1.54, 1.807) is 0 Å². The molecule has 1 amide bonds.